The maximum absolute atomic E-state index is 12.4. The molecule has 2 unspecified atom stereocenters. The summed E-state index contributed by atoms with van der Waals surface area (Å²) in [6.07, 6.45) is 3.79. The van der Waals surface area contributed by atoms with Gasteiger partial charge in [-0.1, -0.05) is 38.5 Å². The van der Waals surface area contributed by atoms with Crippen LogP contribution < -0.4 is 10.4 Å². The highest BCUT2D eigenvalue weighted by molar-refractivity contribution is 5.99. The Morgan fingerprint density at radius 3 is 2.70 bits per heavy atom. The first kappa shape index (κ1) is 13.4. The number of ketones is 1. The molecule has 0 amide bonds. The number of hydrogen-bond donors (Lipinski definition) is 1. The summed E-state index contributed by atoms with van der Waals surface area (Å²) in [5.74, 6) is 0.776. The molecule has 2 aliphatic rings. The van der Waals surface area contributed by atoms with Crippen molar-refractivity contribution in [3.63, 3.8) is 0 Å². The summed E-state index contributed by atoms with van der Waals surface area (Å²) in [6.45, 7) is 4.33. The average molecular weight is 270 g/mol. The zero-order chi connectivity index (χ0) is 14.1. The van der Waals surface area contributed by atoms with Gasteiger partial charge in [0.15, 0.2) is 5.78 Å². The third-order valence-corrected chi connectivity index (χ3v) is 4.18. The van der Waals surface area contributed by atoms with Crippen LogP contribution >= 0.6 is 0 Å². The van der Waals surface area contributed by atoms with Crippen molar-refractivity contribution in [1.29, 1.82) is 0 Å². The number of carbonyl (C=O) groups is 1. The van der Waals surface area contributed by atoms with E-state index in [9.17, 15) is 4.79 Å². The number of allylic oxidation sites excluding steroid dienone is 1. The van der Waals surface area contributed by atoms with E-state index in [4.69, 9.17) is 0 Å². The SMILES string of the molecule is CCCC1NN(c2ccccc2)C2=C1C(=O)CC(C)C2. The quantitative estimate of drug-likeness (QED) is 0.913. The fourth-order valence-corrected chi connectivity index (χ4v) is 3.31. The van der Waals surface area contributed by atoms with Crippen molar-refractivity contribution in [3.8, 4) is 0 Å². The van der Waals surface area contributed by atoms with E-state index >= 15 is 0 Å². The molecule has 1 aromatic carbocycles. The molecule has 3 heteroatoms. The molecular formula is C17H22N2O. The molecule has 20 heavy (non-hydrogen) atoms. The first-order valence-corrected chi connectivity index (χ1v) is 7.58. The van der Waals surface area contributed by atoms with Gasteiger partial charge in [0.25, 0.3) is 0 Å². The number of nitrogens with one attached hydrogen (secondary N) is 1. The summed E-state index contributed by atoms with van der Waals surface area (Å²) in [5.41, 5.74) is 6.89. The summed E-state index contributed by atoms with van der Waals surface area (Å²) in [4.78, 5) is 12.4. The van der Waals surface area contributed by atoms with Crippen LogP contribution in [-0.4, -0.2) is 11.8 Å². The Balaban J connectivity index is 1.99. The van der Waals surface area contributed by atoms with Crippen molar-refractivity contribution in [2.45, 2.75) is 45.6 Å². The van der Waals surface area contributed by atoms with Crippen LogP contribution in [0.2, 0.25) is 0 Å². The maximum atomic E-state index is 12.4. The Labute approximate surface area is 120 Å². The standard InChI is InChI=1S/C17H22N2O/c1-3-7-14-17-15(10-12(2)11-16(17)20)19(18-14)13-8-5-4-6-9-13/h4-6,8-9,12,14,18H,3,7,10-11H2,1-2H3. The predicted octanol–water partition coefficient (Wildman–Crippen LogP) is 3.43. The molecule has 3 rings (SSSR count). The zero-order valence-electron chi connectivity index (χ0n) is 12.2. The molecule has 0 bridgehead atoms. The van der Waals surface area contributed by atoms with Gasteiger partial charge in [0.2, 0.25) is 0 Å². The lowest BCUT2D eigenvalue weighted by molar-refractivity contribution is -0.117. The van der Waals surface area contributed by atoms with E-state index < -0.39 is 0 Å². The molecule has 2 atom stereocenters. The Hall–Kier alpha value is -1.61. The van der Waals surface area contributed by atoms with Crippen LogP contribution in [0.25, 0.3) is 0 Å². The van der Waals surface area contributed by atoms with Gasteiger partial charge in [-0.15, -0.1) is 0 Å². The predicted molar refractivity (Wildman–Crippen MR) is 81.2 cm³/mol. The van der Waals surface area contributed by atoms with Crippen LogP contribution in [0.1, 0.15) is 39.5 Å². The lowest BCUT2D eigenvalue weighted by Crippen LogP contribution is -2.37. The summed E-state index contributed by atoms with van der Waals surface area (Å²) in [5, 5.41) is 2.14. The minimum absolute atomic E-state index is 0.190. The van der Waals surface area contributed by atoms with Crippen molar-refractivity contribution >= 4 is 11.5 Å². The average Bonchev–Trinajstić information content (AvgIpc) is 2.79. The van der Waals surface area contributed by atoms with Gasteiger partial charge in [-0.25, -0.2) is 5.43 Å². The van der Waals surface area contributed by atoms with Crippen LogP contribution in [0.3, 0.4) is 0 Å². The second-order valence-electron chi connectivity index (χ2n) is 5.94. The molecule has 1 aliphatic carbocycles. The topological polar surface area (TPSA) is 32.3 Å². The Kier molecular flexibility index (Phi) is 3.62. The number of para-hydroxylation sites is 1. The second kappa shape index (κ2) is 5.41. The van der Waals surface area contributed by atoms with Crippen LogP contribution in [0.4, 0.5) is 5.69 Å². The van der Waals surface area contributed by atoms with Gasteiger partial charge in [-0.2, -0.15) is 0 Å². The fourth-order valence-electron chi connectivity index (χ4n) is 3.31. The van der Waals surface area contributed by atoms with Gasteiger partial charge in [0, 0.05) is 17.7 Å². The first-order valence-electron chi connectivity index (χ1n) is 7.58. The van der Waals surface area contributed by atoms with E-state index in [1.54, 1.807) is 0 Å². The second-order valence-corrected chi connectivity index (χ2v) is 5.94. The molecule has 0 aromatic heterocycles. The number of hydrazine groups is 1. The molecule has 0 saturated carbocycles. The van der Waals surface area contributed by atoms with E-state index in [0.717, 1.165) is 30.5 Å². The number of benzene rings is 1. The fraction of sp³-hybridized carbons (Fsp3) is 0.471. The largest absolute Gasteiger partial charge is 0.294 e. The van der Waals surface area contributed by atoms with Gasteiger partial charge in [-0.05, 0) is 30.9 Å². The molecule has 3 nitrogen and oxygen atoms in total. The van der Waals surface area contributed by atoms with Crippen molar-refractivity contribution in [3.05, 3.63) is 41.6 Å². The van der Waals surface area contributed by atoms with E-state index in [-0.39, 0.29) is 6.04 Å². The highest BCUT2D eigenvalue weighted by atomic mass is 16.1. The van der Waals surface area contributed by atoms with E-state index in [1.807, 2.05) is 18.2 Å². The minimum Gasteiger partial charge on any atom is -0.294 e. The Morgan fingerprint density at radius 2 is 2.00 bits per heavy atom. The highest BCUT2D eigenvalue weighted by Crippen LogP contribution is 2.37. The lowest BCUT2D eigenvalue weighted by atomic mass is 9.84. The van der Waals surface area contributed by atoms with Gasteiger partial charge >= 0.3 is 0 Å². The number of carbonyl (C=O) groups excluding carboxylic acids is 1. The number of Topliss-reactive ketones (excluding diaryl/α,β-unsaturated/α-hetero) is 1. The summed E-state index contributed by atoms with van der Waals surface area (Å²) < 4.78 is 0. The maximum Gasteiger partial charge on any atom is 0.162 e. The molecule has 0 radical (unpaired) electrons. The van der Waals surface area contributed by atoms with Crippen LogP contribution in [-0.2, 0) is 4.79 Å². The van der Waals surface area contributed by atoms with Gasteiger partial charge < -0.3 is 0 Å². The third-order valence-electron chi connectivity index (χ3n) is 4.18. The normalized spacial score (nSPS) is 26.1. The third kappa shape index (κ3) is 2.27. The van der Waals surface area contributed by atoms with Crippen molar-refractivity contribution in [2.75, 3.05) is 5.01 Å². The zero-order valence-corrected chi connectivity index (χ0v) is 12.2. The van der Waals surface area contributed by atoms with Crippen molar-refractivity contribution in [2.24, 2.45) is 5.92 Å². The summed E-state index contributed by atoms with van der Waals surface area (Å²) >= 11 is 0. The van der Waals surface area contributed by atoms with E-state index in [0.29, 0.717) is 18.1 Å². The number of anilines is 1. The van der Waals surface area contributed by atoms with E-state index in [1.165, 1.54) is 5.70 Å². The molecule has 1 N–H and O–H groups in total. The summed E-state index contributed by atoms with van der Waals surface area (Å²) in [7, 11) is 0. The van der Waals surface area contributed by atoms with Gasteiger partial charge in [-0.3, -0.25) is 9.80 Å². The van der Waals surface area contributed by atoms with Crippen LogP contribution in [0, 0.1) is 5.92 Å². The van der Waals surface area contributed by atoms with Crippen LogP contribution in [0.5, 0.6) is 0 Å². The molecule has 0 spiro atoms. The highest BCUT2D eigenvalue weighted by Gasteiger charge is 2.38. The molecule has 0 saturated heterocycles. The summed E-state index contributed by atoms with van der Waals surface area (Å²) in [6, 6.07) is 10.5. The molecule has 106 valence electrons. The lowest BCUT2D eigenvalue weighted by Gasteiger charge is -2.26. The van der Waals surface area contributed by atoms with Crippen molar-refractivity contribution in [1.82, 2.24) is 5.43 Å². The first-order chi connectivity index (χ1) is 9.70. The number of nitrogens with zero attached hydrogens (tertiary/aromatic N) is 1. The monoisotopic (exact) mass is 270 g/mol. The van der Waals surface area contributed by atoms with Gasteiger partial charge in [0.05, 0.1) is 11.7 Å². The number of rotatable bonds is 3. The number of hydrogen-bond acceptors (Lipinski definition) is 3. The Bertz CT molecular complexity index is 535. The molecule has 1 aromatic rings. The molecule has 1 aliphatic heterocycles. The Morgan fingerprint density at radius 1 is 1.25 bits per heavy atom. The molecule has 1 heterocycles. The minimum atomic E-state index is 0.190. The molecule has 0 fully saturated rings. The van der Waals surface area contributed by atoms with Crippen molar-refractivity contribution < 1.29 is 4.79 Å². The smallest absolute Gasteiger partial charge is 0.162 e. The van der Waals surface area contributed by atoms with Gasteiger partial charge in [0.1, 0.15) is 0 Å². The van der Waals surface area contributed by atoms with E-state index in [2.05, 4.69) is 36.4 Å². The molecular weight excluding hydrogens is 248 g/mol. The van der Waals surface area contributed by atoms with Crippen LogP contribution in [0.15, 0.2) is 41.6 Å².